The molecule has 2 amide bonds. The standard InChI is InChI=1S/C23H31N5O3/c1-26-20-14-16(15-2-5-17(6-3-15)27-12-10-24-11-13-27)4-7-18(20)28(23(26)31)19-8-9-21(29)25-22(19)30/h4,7,14-15,17,19,24H,2-3,5-6,8-13H2,1H3,(H,25,29,30). The molecule has 5 rings (SSSR count). The van der Waals surface area contributed by atoms with Crippen molar-refractivity contribution in [3.63, 3.8) is 0 Å². The van der Waals surface area contributed by atoms with Crippen LogP contribution in [0.15, 0.2) is 23.0 Å². The minimum Gasteiger partial charge on any atom is -0.314 e. The Bertz CT molecular complexity index is 1060. The number of carbonyl (C=O) groups is 2. The van der Waals surface area contributed by atoms with E-state index in [1.165, 1.54) is 31.2 Å². The second-order valence-corrected chi connectivity index (χ2v) is 9.22. The first-order valence-corrected chi connectivity index (χ1v) is 11.5. The fourth-order valence-electron chi connectivity index (χ4n) is 5.69. The number of piperidine rings is 1. The third-order valence-corrected chi connectivity index (χ3v) is 7.47. The molecule has 2 saturated heterocycles. The summed E-state index contributed by atoms with van der Waals surface area (Å²) in [7, 11) is 1.76. The number of amides is 2. The topological polar surface area (TPSA) is 88.4 Å². The van der Waals surface area contributed by atoms with E-state index in [4.69, 9.17) is 0 Å². The van der Waals surface area contributed by atoms with Crippen LogP contribution in [-0.2, 0) is 16.6 Å². The number of imidazole rings is 1. The molecule has 8 nitrogen and oxygen atoms in total. The monoisotopic (exact) mass is 425 g/mol. The van der Waals surface area contributed by atoms with Crippen LogP contribution in [-0.4, -0.2) is 58.1 Å². The summed E-state index contributed by atoms with van der Waals surface area (Å²) < 4.78 is 3.19. The number of rotatable bonds is 3. The molecule has 31 heavy (non-hydrogen) atoms. The Labute approximate surface area is 181 Å². The summed E-state index contributed by atoms with van der Waals surface area (Å²) in [4.78, 5) is 39.5. The Balaban J connectivity index is 1.37. The van der Waals surface area contributed by atoms with Crippen LogP contribution in [0.4, 0.5) is 0 Å². The van der Waals surface area contributed by atoms with Gasteiger partial charge in [0.05, 0.1) is 11.0 Å². The van der Waals surface area contributed by atoms with E-state index in [2.05, 4.69) is 27.7 Å². The number of hydrogen-bond acceptors (Lipinski definition) is 5. The summed E-state index contributed by atoms with van der Waals surface area (Å²) in [5, 5.41) is 5.80. The molecule has 3 aliphatic rings. The van der Waals surface area contributed by atoms with E-state index in [0.717, 1.165) is 37.2 Å². The van der Waals surface area contributed by atoms with Gasteiger partial charge in [-0.05, 0) is 55.7 Å². The molecule has 1 unspecified atom stereocenters. The SMILES string of the molecule is Cn1c(=O)n(C2CCC(=O)NC2=O)c2ccc(C3CCC(N4CCNCC4)CC3)cc21. The van der Waals surface area contributed by atoms with E-state index in [9.17, 15) is 14.4 Å². The van der Waals surface area contributed by atoms with Gasteiger partial charge in [0.2, 0.25) is 11.8 Å². The molecule has 2 aliphatic heterocycles. The maximum absolute atomic E-state index is 13.0. The first-order chi connectivity index (χ1) is 15.0. The summed E-state index contributed by atoms with van der Waals surface area (Å²) in [6, 6.07) is 6.31. The van der Waals surface area contributed by atoms with Crippen LogP contribution in [0.3, 0.4) is 0 Å². The summed E-state index contributed by atoms with van der Waals surface area (Å²) >= 11 is 0. The molecule has 1 aliphatic carbocycles. The van der Waals surface area contributed by atoms with Crippen LogP contribution in [0.2, 0.25) is 0 Å². The zero-order valence-electron chi connectivity index (χ0n) is 18.1. The number of fused-ring (bicyclic) bond motifs is 1. The van der Waals surface area contributed by atoms with E-state index in [-0.39, 0.29) is 23.9 Å². The van der Waals surface area contributed by atoms with E-state index in [0.29, 0.717) is 18.4 Å². The molecule has 3 heterocycles. The maximum atomic E-state index is 13.0. The fraction of sp³-hybridized carbons (Fsp3) is 0.609. The molecule has 0 radical (unpaired) electrons. The summed E-state index contributed by atoms with van der Waals surface area (Å²) in [5.41, 5.74) is 2.70. The number of piperazine rings is 1. The van der Waals surface area contributed by atoms with Gasteiger partial charge in [0, 0.05) is 45.7 Å². The molecular weight excluding hydrogens is 394 g/mol. The van der Waals surface area contributed by atoms with Crippen molar-refractivity contribution in [2.45, 2.75) is 56.5 Å². The van der Waals surface area contributed by atoms with Crippen LogP contribution in [0.25, 0.3) is 11.0 Å². The van der Waals surface area contributed by atoms with Crippen molar-refractivity contribution in [1.29, 1.82) is 0 Å². The van der Waals surface area contributed by atoms with Crippen LogP contribution >= 0.6 is 0 Å². The molecule has 1 saturated carbocycles. The molecule has 2 N–H and O–H groups in total. The lowest BCUT2D eigenvalue weighted by Crippen LogP contribution is -2.49. The second kappa shape index (κ2) is 8.24. The molecule has 1 atom stereocenters. The number of nitrogens with one attached hydrogen (secondary N) is 2. The maximum Gasteiger partial charge on any atom is 0.329 e. The number of nitrogens with zero attached hydrogens (tertiary/aromatic N) is 3. The highest BCUT2D eigenvalue weighted by Gasteiger charge is 2.32. The Hall–Kier alpha value is -2.45. The average Bonchev–Trinajstić information content (AvgIpc) is 3.04. The predicted octanol–water partition coefficient (Wildman–Crippen LogP) is 1.25. The van der Waals surface area contributed by atoms with Crippen molar-refractivity contribution >= 4 is 22.8 Å². The highest BCUT2D eigenvalue weighted by molar-refractivity contribution is 6.00. The number of aromatic nitrogens is 2. The largest absolute Gasteiger partial charge is 0.329 e. The summed E-state index contributed by atoms with van der Waals surface area (Å²) in [6.45, 7) is 4.48. The Morgan fingerprint density at radius 2 is 1.68 bits per heavy atom. The smallest absolute Gasteiger partial charge is 0.314 e. The number of imide groups is 1. The van der Waals surface area contributed by atoms with Gasteiger partial charge in [-0.1, -0.05) is 6.07 Å². The second-order valence-electron chi connectivity index (χ2n) is 9.22. The van der Waals surface area contributed by atoms with Gasteiger partial charge in [0.15, 0.2) is 0 Å². The zero-order valence-corrected chi connectivity index (χ0v) is 18.1. The third kappa shape index (κ3) is 3.72. The molecule has 1 aromatic carbocycles. The Morgan fingerprint density at radius 1 is 0.935 bits per heavy atom. The number of aryl methyl sites for hydroxylation is 1. The molecule has 1 aromatic heterocycles. The summed E-state index contributed by atoms with van der Waals surface area (Å²) in [6.07, 6.45) is 5.40. The molecule has 8 heteroatoms. The highest BCUT2D eigenvalue weighted by atomic mass is 16.2. The zero-order chi connectivity index (χ0) is 21.5. The molecule has 2 aromatic rings. The van der Waals surface area contributed by atoms with Crippen molar-refractivity contribution in [3.05, 3.63) is 34.2 Å². The Morgan fingerprint density at radius 3 is 2.39 bits per heavy atom. The number of carbonyl (C=O) groups excluding carboxylic acids is 2. The van der Waals surface area contributed by atoms with Gasteiger partial charge in [-0.2, -0.15) is 0 Å². The number of benzene rings is 1. The lowest BCUT2D eigenvalue weighted by Gasteiger charge is -2.39. The first-order valence-electron chi connectivity index (χ1n) is 11.5. The van der Waals surface area contributed by atoms with Crippen molar-refractivity contribution in [2.75, 3.05) is 26.2 Å². The van der Waals surface area contributed by atoms with Crippen molar-refractivity contribution in [3.8, 4) is 0 Å². The molecule has 0 bridgehead atoms. The van der Waals surface area contributed by atoms with Crippen LogP contribution in [0.5, 0.6) is 0 Å². The summed E-state index contributed by atoms with van der Waals surface area (Å²) in [5.74, 6) is -0.146. The molecular formula is C23H31N5O3. The van der Waals surface area contributed by atoms with Crippen LogP contribution in [0, 0.1) is 0 Å². The van der Waals surface area contributed by atoms with Crippen molar-refractivity contribution < 1.29 is 9.59 Å². The van der Waals surface area contributed by atoms with Gasteiger partial charge in [-0.15, -0.1) is 0 Å². The van der Waals surface area contributed by atoms with Gasteiger partial charge in [0.1, 0.15) is 6.04 Å². The molecule has 0 spiro atoms. The van der Waals surface area contributed by atoms with Gasteiger partial charge < -0.3 is 5.32 Å². The molecule has 3 fully saturated rings. The third-order valence-electron chi connectivity index (χ3n) is 7.47. The van der Waals surface area contributed by atoms with E-state index < -0.39 is 6.04 Å². The normalized spacial score (nSPS) is 28.1. The van der Waals surface area contributed by atoms with Crippen LogP contribution in [0.1, 0.15) is 56.0 Å². The quantitative estimate of drug-likeness (QED) is 0.723. The minimum atomic E-state index is -0.630. The van der Waals surface area contributed by atoms with Gasteiger partial charge >= 0.3 is 5.69 Å². The van der Waals surface area contributed by atoms with Gasteiger partial charge in [0.25, 0.3) is 0 Å². The number of hydrogen-bond donors (Lipinski definition) is 2. The van der Waals surface area contributed by atoms with Gasteiger partial charge in [-0.25, -0.2) is 4.79 Å². The molecule has 166 valence electrons. The lowest BCUT2D eigenvalue weighted by atomic mass is 9.81. The lowest BCUT2D eigenvalue weighted by molar-refractivity contribution is -0.135. The van der Waals surface area contributed by atoms with Crippen molar-refractivity contribution in [2.24, 2.45) is 7.05 Å². The highest BCUT2D eigenvalue weighted by Crippen LogP contribution is 2.36. The van der Waals surface area contributed by atoms with Gasteiger partial charge in [-0.3, -0.25) is 28.9 Å². The predicted molar refractivity (Wildman–Crippen MR) is 118 cm³/mol. The van der Waals surface area contributed by atoms with E-state index in [1.807, 2.05) is 6.07 Å². The van der Waals surface area contributed by atoms with E-state index in [1.54, 1.807) is 16.2 Å². The minimum absolute atomic E-state index is 0.205. The average molecular weight is 426 g/mol. The van der Waals surface area contributed by atoms with E-state index >= 15 is 0 Å². The van der Waals surface area contributed by atoms with Crippen LogP contribution < -0.4 is 16.3 Å². The fourth-order valence-corrected chi connectivity index (χ4v) is 5.69. The first kappa shape index (κ1) is 20.5. The Kier molecular flexibility index (Phi) is 5.44. The van der Waals surface area contributed by atoms with Crippen molar-refractivity contribution in [1.82, 2.24) is 24.7 Å².